The fourth-order valence-corrected chi connectivity index (χ4v) is 6.03. The molecule has 0 radical (unpaired) electrons. The number of benzene rings is 3. The van der Waals surface area contributed by atoms with E-state index in [2.05, 4.69) is 92.0 Å². The third kappa shape index (κ3) is 3.19. The molecule has 2 aromatic heterocycles. The third-order valence-electron chi connectivity index (χ3n) is 6.14. The molecule has 2 heterocycles. The summed E-state index contributed by atoms with van der Waals surface area (Å²) in [5.41, 5.74) is 5.68. The fraction of sp³-hybridized carbons (Fsp3) is 0.214. The summed E-state index contributed by atoms with van der Waals surface area (Å²) in [5.74, 6) is 0.646. The van der Waals surface area contributed by atoms with Gasteiger partial charge in [-0.2, -0.15) is 4.57 Å². The predicted octanol–water partition coefficient (Wildman–Crippen LogP) is 7.76. The van der Waals surface area contributed by atoms with Gasteiger partial charge in [0.1, 0.15) is 11.7 Å². The Kier molecular flexibility index (Phi) is 4.76. The first-order chi connectivity index (χ1) is 15.0. The van der Waals surface area contributed by atoms with Gasteiger partial charge in [-0.1, -0.05) is 50.2 Å². The van der Waals surface area contributed by atoms with E-state index in [0.717, 1.165) is 22.8 Å². The molecule has 0 amide bonds. The highest BCUT2D eigenvalue weighted by Gasteiger charge is 2.22. The summed E-state index contributed by atoms with van der Waals surface area (Å²) in [6.45, 7) is 14.5. The summed E-state index contributed by atoms with van der Waals surface area (Å²) in [6.07, 6.45) is 3.25. The summed E-state index contributed by atoms with van der Waals surface area (Å²) in [6, 6.07) is 19.5. The Labute approximate surface area is 187 Å². The first kappa shape index (κ1) is 19.7. The highest BCUT2D eigenvalue weighted by Crippen LogP contribution is 2.42. The van der Waals surface area contributed by atoms with Crippen LogP contribution in [0.2, 0.25) is 0 Å². The Hall–Kier alpha value is -3.22. The molecule has 0 fully saturated rings. The third-order valence-corrected chi connectivity index (χ3v) is 7.31. The number of rotatable bonds is 3. The molecular formula is C28H25N2S+. The zero-order valence-corrected chi connectivity index (χ0v) is 19.2. The monoisotopic (exact) mass is 421 g/mol. The molecule has 2 nitrogen and oxygen atoms in total. The van der Waals surface area contributed by atoms with Crippen LogP contribution < -0.4 is 4.57 Å². The molecule has 0 unspecified atom stereocenters. The van der Waals surface area contributed by atoms with Crippen molar-refractivity contribution in [3.63, 3.8) is 0 Å². The Bertz CT molecular complexity index is 1520. The van der Waals surface area contributed by atoms with E-state index in [-0.39, 0.29) is 0 Å². The zero-order valence-electron chi connectivity index (χ0n) is 18.4. The Morgan fingerprint density at radius 3 is 2.48 bits per heavy atom. The lowest BCUT2D eigenvalue weighted by Crippen LogP contribution is -2.30. The molecule has 0 saturated heterocycles. The van der Waals surface area contributed by atoms with Gasteiger partial charge in [0.25, 0.3) is 0 Å². The molecule has 5 aromatic rings. The highest BCUT2D eigenvalue weighted by molar-refractivity contribution is 7.26. The summed E-state index contributed by atoms with van der Waals surface area (Å²) >= 11 is 1.87. The lowest BCUT2D eigenvalue weighted by molar-refractivity contribution is -0.659. The van der Waals surface area contributed by atoms with Crippen molar-refractivity contribution < 1.29 is 4.57 Å². The molecule has 0 aliphatic rings. The van der Waals surface area contributed by atoms with Gasteiger partial charge in [0.05, 0.1) is 6.57 Å². The standard InChI is InChI=1S/C28H25N2S/c1-17(2)14-19-10-11-22-23-12-13-30(5)27(28(23)31-26(22)15-19)24-16-25(29-4)21-9-7-6-8-20(21)18(24)3/h6-13,15-17H,14H2,1-3,5H3/q+1. The number of thiophene rings is 1. The molecule has 3 heteroatoms. The Morgan fingerprint density at radius 2 is 1.74 bits per heavy atom. The van der Waals surface area contributed by atoms with E-state index in [0.29, 0.717) is 11.6 Å². The fourth-order valence-electron chi connectivity index (χ4n) is 4.67. The molecule has 0 saturated carbocycles. The molecule has 0 aliphatic heterocycles. The van der Waals surface area contributed by atoms with E-state index in [4.69, 9.17) is 6.57 Å². The molecule has 0 spiro atoms. The van der Waals surface area contributed by atoms with Gasteiger partial charge in [-0.15, -0.1) is 11.3 Å². The minimum absolute atomic E-state index is 0.646. The second kappa shape index (κ2) is 7.48. The van der Waals surface area contributed by atoms with E-state index in [1.165, 1.54) is 37.0 Å². The topological polar surface area (TPSA) is 8.24 Å². The average molecular weight is 422 g/mol. The number of nitrogens with zero attached hydrogens (tertiary/aromatic N) is 2. The average Bonchev–Trinajstić information content (AvgIpc) is 3.12. The molecule has 0 bridgehead atoms. The van der Waals surface area contributed by atoms with Gasteiger partial charge in [-0.05, 0) is 53.3 Å². The number of pyridine rings is 1. The van der Waals surface area contributed by atoms with E-state index in [1.807, 2.05) is 17.4 Å². The summed E-state index contributed by atoms with van der Waals surface area (Å²) < 4.78 is 4.83. The predicted molar refractivity (Wildman–Crippen MR) is 133 cm³/mol. The summed E-state index contributed by atoms with van der Waals surface area (Å²) in [7, 11) is 2.11. The van der Waals surface area contributed by atoms with Crippen molar-refractivity contribution in [2.45, 2.75) is 27.2 Å². The second-order valence-corrected chi connectivity index (χ2v) is 9.83. The number of aromatic nitrogens is 1. The molecule has 152 valence electrons. The minimum atomic E-state index is 0.646. The van der Waals surface area contributed by atoms with Crippen LogP contribution in [0.25, 0.3) is 47.0 Å². The number of fused-ring (bicyclic) bond motifs is 4. The molecule has 0 atom stereocenters. The van der Waals surface area contributed by atoms with E-state index in [9.17, 15) is 0 Å². The van der Waals surface area contributed by atoms with Crippen molar-refractivity contribution in [1.82, 2.24) is 0 Å². The smallest absolute Gasteiger partial charge is 0.229 e. The van der Waals surface area contributed by atoms with Crippen molar-refractivity contribution in [3.05, 3.63) is 83.3 Å². The minimum Gasteiger partial charge on any atom is -0.237 e. The maximum atomic E-state index is 7.76. The van der Waals surface area contributed by atoms with Crippen molar-refractivity contribution in [2.24, 2.45) is 13.0 Å². The van der Waals surface area contributed by atoms with Crippen LogP contribution in [0.5, 0.6) is 0 Å². The van der Waals surface area contributed by atoms with E-state index < -0.39 is 0 Å². The van der Waals surface area contributed by atoms with Gasteiger partial charge in [-0.25, -0.2) is 4.85 Å². The first-order valence-corrected chi connectivity index (χ1v) is 11.5. The van der Waals surface area contributed by atoms with Gasteiger partial charge >= 0.3 is 0 Å². The normalized spacial score (nSPS) is 11.6. The van der Waals surface area contributed by atoms with Crippen LogP contribution in [0.4, 0.5) is 5.69 Å². The van der Waals surface area contributed by atoms with Crippen molar-refractivity contribution in [2.75, 3.05) is 0 Å². The lowest BCUT2D eigenvalue weighted by Gasteiger charge is -2.11. The van der Waals surface area contributed by atoms with Gasteiger partial charge in [0, 0.05) is 27.1 Å². The zero-order chi connectivity index (χ0) is 21.7. The van der Waals surface area contributed by atoms with E-state index in [1.54, 1.807) is 0 Å². The SMILES string of the molecule is [C-]#[N+]c1cc(-c2c3sc4cc(CC(C)C)ccc4c3cc[n+]2C)c(C)c2ccccc12. The van der Waals surface area contributed by atoms with Crippen molar-refractivity contribution in [1.29, 1.82) is 0 Å². The van der Waals surface area contributed by atoms with Crippen LogP contribution >= 0.6 is 11.3 Å². The lowest BCUT2D eigenvalue weighted by atomic mass is 9.95. The number of hydrogen-bond acceptors (Lipinski definition) is 1. The van der Waals surface area contributed by atoms with E-state index >= 15 is 0 Å². The summed E-state index contributed by atoms with van der Waals surface area (Å²) in [4.78, 5) is 3.86. The van der Waals surface area contributed by atoms with Gasteiger partial charge in [0.15, 0.2) is 11.9 Å². The van der Waals surface area contributed by atoms with Gasteiger partial charge < -0.3 is 0 Å². The molecule has 31 heavy (non-hydrogen) atoms. The van der Waals surface area contributed by atoms with Crippen LogP contribution in [-0.2, 0) is 13.5 Å². The van der Waals surface area contributed by atoms with Gasteiger partial charge in [0.2, 0.25) is 5.69 Å². The van der Waals surface area contributed by atoms with Crippen LogP contribution in [0.1, 0.15) is 25.0 Å². The van der Waals surface area contributed by atoms with Crippen LogP contribution in [-0.4, -0.2) is 0 Å². The molecule has 5 rings (SSSR count). The van der Waals surface area contributed by atoms with Crippen molar-refractivity contribution in [3.8, 4) is 11.3 Å². The largest absolute Gasteiger partial charge is 0.237 e. The Morgan fingerprint density at radius 1 is 0.968 bits per heavy atom. The number of aryl methyl sites for hydroxylation is 2. The first-order valence-electron chi connectivity index (χ1n) is 10.7. The second-order valence-electron chi connectivity index (χ2n) is 8.77. The molecule has 3 aromatic carbocycles. The van der Waals surface area contributed by atoms with Crippen LogP contribution in [0.15, 0.2) is 60.8 Å². The van der Waals surface area contributed by atoms with Crippen LogP contribution in [0, 0.1) is 19.4 Å². The van der Waals surface area contributed by atoms with Crippen LogP contribution in [0.3, 0.4) is 0 Å². The molecule has 0 aliphatic carbocycles. The maximum Gasteiger partial charge on any atom is 0.229 e. The quantitative estimate of drug-likeness (QED) is 0.208. The summed E-state index contributed by atoms with van der Waals surface area (Å²) in [5, 5.41) is 4.80. The molecule has 0 N–H and O–H groups in total. The van der Waals surface area contributed by atoms with Gasteiger partial charge in [-0.3, -0.25) is 0 Å². The molecular weight excluding hydrogens is 396 g/mol. The Balaban J connectivity index is 1.84. The van der Waals surface area contributed by atoms with Crippen molar-refractivity contribution >= 4 is 48.0 Å². The number of hydrogen-bond donors (Lipinski definition) is 0. The maximum absolute atomic E-state index is 7.76. The highest BCUT2D eigenvalue weighted by atomic mass is 32.1.